The quantitative estimate of drug-likeness (QED) is 0.0997. The molecule has 0 atom stereocenters. The minimum absolute atomic E-state index is 0.0567. The van der Waals surface area contributed by atoms with Gasteiger partial charge in [-0.1, -0.05) is 42.5 Å². The van der Waals surface area contributed by atoms with Crippen LogP contribution >= 0.6 is 11.3 Å². The number of hydrogen-bond acceptors (Lipinski definition) is 7. The number of non-ortho nitro benzene ring substituents is 1. The number of carbonyl (C=O) groups is 2. The fourth-order valence-corrected chi connectivity index (χ4v) is 4.94. The van der Waals surface area contributed by atoms with Crippen molar-refractivity contribution in [2.45, 2.75) is 20.5 Å². The van der Waals surface area contributed by atoms with Gasteiger partial charge in [0.15, 0.2) is 0 Å². The first-order chi connectivity index (χ1) is 18.9. The average Bonchev–Trinajstić information content (AvgIpc) is 3.27. The number of anilines is 1. The Morgan fingerprint density at radius 1 is 1.00 bits per heavy atom. The SMILES string of the molecule is CCOC(=O)c1c(NC(=O)C=Cc2ccc(OCc3ccccc3)cc2)sc(C)c1-c1ccc([N+](=O)[O-])cc1. The zero-order valence-electron chi connectivity index (χ0n) is 21.4. The third-order valence-corrected chi connectivity index (χ3v) is 6.74. The van der Waals surface area contributed by atoms with Gasteiger partial charge in [-0.05, 0) is 60.9 Å². The summed E-state index contributed by atoms with van der Waals surface area (Å²) in [5, 5.41) is 14.2. The lowest BCUT2D eigenvalue weighted by Gasteiger charge is -2.08. The van der Waals surface area contributed by atoms with Crippen molar-refractivity contribution in [1.29, 1.82) is 0 Å². The molecule has 0 aliphatic rings. The number of amides is 1. The first kappa shape index (κ1) is 27.3. The summed E-state index contributed by atoms with van der Waals surface area (Å²) in [5.74, 6) is -0.283. The molecule has 198 valence electrons. The van der Waals surface area contributed by atoms with Crippen LogP contribution in [0.3, 0.4) is 0 Å². The van der Waals surface area contributed by atoms with Crippen molar-refractivity contribution in [3.8, 4) is 16.9 Å². The summed E-state index contributed by atoms with van der Waals surface area (Å²) in [6, 6.07) is 23.1. The van der Waals surface area contributed by atoms with Gasteiger partial charge < -0.3 is 14.8 Å². The summed E-state index contributed by atoms with van der Waals surface area (Å²) in [7, 11) is 0. The lowest BCUT2D eigenvalue weighted by molar-refractivity contribution is -0.384. The number of ether oxygens (including phenoxy) is 2. The van der Waals surface area contributed by atoms with Crippen LogP contribution in [-0.4, -0.2) is 23.4 Å². The zero-order valence-corrected chi connectivity index (χ0v) is 22.2. The summed E-state index contributed by atoms with van der Waals surface area (Å²) in [5.41, 5.74) is 3.22. The zero-order chi connectivity index (χ0) is 27.8. The fourth-order valence-electron chi connectivity index (χ4n) is 3.87. The molecule has 0 bridgehead atoms. The van der Waals surface area contributed by atoms with Crippen molar-refractivity contribution >= 4 is 40.0 Å². The predicted molar refractivity (Wildman–Crippen MR) is 152 cm³/mol. The Hall–Kier alpha value is -4.76. The normalized spacial score (nSPS) is 10.8. The molecule has 1 aromatic heterocycles. The number of thiophene rings is 1. The van der Waals surface area contributed by atoms with Crippen LogP contribution in [0.5, 0.6) is 5.75 Å². The number of benzene rings is 3. The fraction of sp³-hybridized carbons (Fsp3) is 0.133. The van der Waals surface area contributed by atoms with Crippen LogP contribution in [0.25, 0.3) is 17.2 Å². The molecule has 0 radical (unpaired) electrons. The smallest absolute Gasteiger partial charge is 0.341 e. The standard InChI is InChI=1S/C30H26N2O6S/c1-3-37-30(34)28-27(23-12-14-24(15-13-23)32(35)36)20(2)39-29(28)31-26(33)18-11-21-9-16-25(17-10-21)38-19-22-7-5-4-6-8-22/h4-18H,3,19H2,1-2H3,(H,31,33). The molecule has 0 aliphatic carbocycles. The molecule has 0 fully saturated rings. The Kier molecular flexibility index (Phi) is 8.86. The van der Waals surface area contributed by atoms with Crippen molar-refractivity contribution in [3.63, 3.8) is 0 Å². The van der Waals surface area contributed by atoms with Gasteiger partial charge in [0.25, 0.3) is 5.69 Å². The molecule has 0 unspecified atom stereocenters. The summed E-state index contributed by atoms with van der Waals surface area (Å²) < 4.78 is 11.1. The van der Waals surface area contributed by atoms with Crippen LogP contribution in [0.15, 0.2) is 84.9 Å². The van der Waals surface area contributed by atoms with Crippen LogP contribution in [0.4, 0.5) is 10.7 Å². The van der Waals surface area contributed by atoms with Crippen LogP contribution in [0, 0.1) is 17.0 Å². The number of aryl methyl sites for hydroxylation is 1. The molecule has 39 heavy (non-hydrogen) atoms. The summed E-state index contributed by atoms with van der Waals surface area (Å²) in [6.45, 7) is 4.13. The van der Waals surface area contributed by atoms with E-state index in [1.165, 1.54) is 29.5 Å². The number of nitrogens with one attached hydrogen (secondary N) is 1. The van der Waals surface area contributed by atoms with Gasteiger partial charge in [0, 0.05) is 28.6 Å². The summed E-state index contributed by atoms with van der Waals surface area (Å²) >= 11 is 1.24. The number of rotatable bonds is 10. The second kappa shape index (κ2) is 12.7. The molecule has 4 rings (SSSR count). The Morgan fingerprint density at radius 3 is 2.33 bits per heavy atom. The highest BCUT2D eigenvalue weighted by Crippen LogP contribution is 2.41. The molecular formula is C30H26N2O6S. The molecule has 3 aromatic carbocycles. The van der Waals surface area contributed by atoms with Gasteiger partial charge in [0.05, 0.1) is 11.5 Å². The Morgan fingerprint density at radius 2 is 1.69 bits per heavy atom. The maximum absolute atomic E-state index is 12.9. The second-order valence-corrected chi connectivity index (χ2v) is 9.65. The van der Waals surface area contributed by atoms with E-state index in [-0.39, 0.29) is 17.9 Å². The van der Waals surface area contributed by atoms with Crippen molar-refractivity contribution in [2.75, 3.05) is 11.9 Å². The van der Waals surface area contributed by atoms with E-state index in [0.717, 1.165) is 16.0 Å². The molecule has 0 saturated heterocycles. The maximum atomic E-state index is 12.9. The lowest BCUT2D eigenvalue weighted by atomic mass is 10.0. The molecular weight excluding hydrogens is 516 g/mol. The Bertz CT molecular complexity index is 1490. The average molecular weight is 543 g/mol. The first-order valence-electron chi connectivity index (χ1n) is 12.2. The third kappa shape index (κ3) is 6.97. The molecule has 8 nitrogen and oxygen atoms in total. The van der Waals surface area contributed by atoms with E-state index < -0.39 is 16.8 Å². The lowest BCUT2D eigenvalue weighted by Crippen LogP contribution is -2.12. The van der Waals surface area contributed by atoms with Crippen molar-refractivity contribution in [3.05, 3.63) is 117 Å². The minimum Gasteiger partial charge on any atom is -0.489 e. The number of carbonyl (C=O) groups excluding carboxylic acids is 2. The van der Waals surface area contributed by atoms with E-state index in [2.05, 4.69) is 5.32 Å². The molecule has 1 amide bonds. The van der Waals surface area contributed by atoms with Crippen LogP contribution < -0.4 is 10.1 Å². The molecule has 4 aromatic rings. The van der Waals surface area contributed by atoms with Gasteiger partial charge in [-0.2, -0.15) is 0 Å². The molecule has 0 saturated carbocycles. The van der Waals surface area contributed by atoms with Gasteiger partial charge >= 0.3 is 5.97 Å². The highest BCUT2D eigenvalue weighted by Gasteiger charge is 2.25. The maximum Gasteiger partial charge on any atom is 0.341 e. The minimum atomic E-state index is -0.583. The molecule has 1 heterocycles. The van der Waals surface area contributed by atoms with Crippen LogP contribution in [0.1, 0.15) is 33.3 Å². The highest BCUT2D eigenvalue weighted by atomic mass is 32.1. The molecule has 1 N–H and O–H groups in total. The van der Waals surface area contributed by atoms with E-state index in [1.54, 1.807) is 25.1 Å². The number of nitro groups is 1. The van der Waals surface area contributed by atoms with E-state index in [4.69, 9.17) is 9.47 Å². The monoisotopic (exact) mass is 542 g/mol. The first-order valence-corrected chi connectivity index (χ1v) is 13.0. The van der Waals surface area contributed by atoms with E-state index in [1.807, 2.05) is 61.5 Å². The Balaban J connectivity index is 1.48. The van der Waals surface area contributed by atoms with E-state index in [9.17, 15) is 19.7 Å². The number of hydrogen-bond donors (Lipinski definition) is 1. The van der Waals surface area contributed by atoms with Gasteiger partial charge in [-0.15, -0.1) is 11.3 Å². The topological polar surface area (TPSA) is 108 Å². The molecule has 0 spiro atoms. The van der Waals surface area contributed by atoms with E-state index >= 15 is 0 Å². The third-order valence-electron chi connectivity index (χ3n) is 5.72. The van der Waals surface area contributed by atoms with Crippen LogP contribution in [-0.2, 0) is 16.1 Å². The molecule has 9 heteroatoms. The number of esters is 1. The van der Waals surface area contributed by atoms with E-state index in [0.29, 0.717) is 28.5 Å². The van der Waals surface area contributed by atoms with Gasteiger partial charge in [-0.3, -0.25) is 14.9 Å². The largest absolute Gasteiger partial charge is 0.489 e. The van der Waals surface area contributed by atoms with Crippen LogP contribution in [0.2, 0.25) is 0 Å². The summed E-state index contributed by atoms with van der Waals surface area (Å²) in [6.07, 6.45) is 3.05. The van der Waals surface area contributed by atoms with Crippen molar-refractivity contribution < 1.29 is 24.0 Å². The second-order valence-electron chi connectivity index (χ2n) is 8.43. The number of nitro benzene ring substituents is 1. The number of nitrogens with zero attached hydrogens (tertiary/aromatic N) is 1. The van der Waals surface area contributed by atoms with Crippen molar-refractivity contribution in [2.24, 2.45) is 0 Å². The summed E-state index contributed by atoms with van der Waals surface area (Å²) in [4.78, 5) is 37.0. The van der Waals surface area contributed by atoms with Gasteiger partial charge in [-0.25, -0.2) is 4.79 Å². The van der Waals surface area contributed by atoms with Gasteiger partial charge in [0.1, 0.15) is 22.9 Å². The predicted octanol–water partition coefficient (Wildman–Crippen LogP) is 7.04. The highest BCUT2D eigenvalue weighted by molar-refractivity contribution is 7.17. The van der Waals surface area contributed by atoms with Crippen molar-refractivity contribution in [1.82, 2.24) is 0 Å². The van der Waals surface area contributed by atoms with Gasteiger partial charge in [0.2, 0.25) is 5.91 Å². The molecule has 0 aliphatic heterocycles. The Labute approximate surface area is 229 Å².